The van der Waals surface area contributed by atoms with E-state index in [2.05, 4.69) is 16.0 Å². The summed E-state index contributed by atoms with van der Waals surface area (Å²) >= 11 is 6.35. The first-order chi connectivity index (χ1) is 17.8. The van der Waals surface area contributed by atoms with Crippen LogP contribution in [0, 0.1) is 5.82 Å². The van der Waals surface area contributed by atoms with E-state index in [1.807, 2.05) is 13.1 Å². The third kappa shape index (κ3) is 6.15. The van der Waals surface area contributed by atoms with Crippen molar-refractivity contribution in [2.24, 2.45) is 0 Å². The van der Waals surface area contributed by atoms with Crippen molar-refractivity contribution < 1.29 is 28.3 Å². The molecule has 1 unspecified atom stereocenters. The van der Waals surface area contributed by atoms with Gasteiger partial charge in [0.25, 0.3) is 5.91 Å². The van der Waals surface area contributed by atoms with Crippen LogP contribution in [0.4, 0.5) is 10.1 Å². The first-order valence-electron chi connectivity index (χ1n) is 12.0. The van der Waals surface area contributed by atoms with Crippen LogP contribution in [0.3, 0.4) is 0 Å². The Morgan fingerprint density at radius 3 is 2.70 bits per heavy atom. The van der Waals surface area contributed by atoms with Gasteiger partial charge in [-0.25, -0.2) is 4.39 Å². The Balaban J connectivity index is 1.37. The summed E-state index contributed by atoms with van der Waals surface area (Å²) in [5.41, 5.74) is 1.80. The number of likely N-dealkylation sites (N-methyl/N-ethyl adjacent to an activating group) is 1. The molecule has 2 heterocycles. The molecule has 1 fully saturated rings. The van der Waals surface area contributed by atoms with Crippen LogP contribution in [0.1, 0.15) is 39.9 Å². The summed E-state index contributed by atoms with van der Waals surface area (Å²) in [6.45, 7) is 1.79. The molecule has 0 spiro atoms. The molecule has 4 rings (SSSR count). The van der Waals surface area contributed by atoms with Crippen LogP contribution >= 0.6 is 11.6 Å². The third-order valence-electron chi connectivity index (χ3n) is 6.43. The molecular formula is C26H28ClFN4O5. The Kier molecular flexibility index (Phi) is 8.52. The number of anilines is 1. The average Bonchev–Trinajstić information content (AvgIpc) is 3.18. The molecule has 0 bridgehead atoms. The van der Waals surface area contributed by atoms with Gasteiger partial charge >= 0.3 is 0 Å². The number of piperidine rings is 1. The molecule has 9 nitrogen and oxygen atoms in total. The van der Waals surface area contributed by atoms with Crippen molar-refractivity contribution >= 4 is 40.9 Å². The molecule has 1 atom stereocenters. The molecule has 3 N–H and O–H groups in total. The van der Waals surface area contributed by atoms with Crippen LogP contribution in [-0.2, 0) is 38.5 Å². The number of ether oxygens (including phenoxy) is 1. The number of halogens is 2. The summed E-state index contributed by atoms with van der Waals surface area (Å²) in [6.07, 6.45) is 0.682. The maximum atomic E-state index is 15.3. The SMILES string of the molecule is CNCCOCCc1ccc(NC(=O)Cc2ccc3c(c2F)CN(C2CCC(=O)NC2=O)C3=O)cc1Cl. The lowest BCUT2D eigenvalue weighted by Gasteiger charge is -2.29. The van der Waals surface area contributed by atoms with Crippen LogP contribution < -0.4 is 16.0 Å². The van der Waals surface area contributed by atoms with E-state index in [4.69, 9.17) is 16.3 Å². The molecular weight excluding hydrogens is 503 g/mol. The zero-order valence-corrected chi connectivity index (χ0v) is 21.1. The van der Waals surface area contributed by atoms with E-state index >= 15 is 4.39 Å². The molecule has 0 saturated carbocycles. The zero-order chi connectivity index (χ0) is 26.5. The zero-order valence-electron chi connectivity index (χ0n) is 20.4. The average molecular weight is 531 g/mol. The van der Waals surface area contributed by atoms with Crippen molar-refractivity contribution in [3.8, 4) is 0 Å². The van der Waals surface area contributed by atoms with E-state index in [-0.39, 0.29) is 42.5 Å². The molecule has 4 amide bonds. The topological polar surface area (TPSA) is 117 Å². The number of nitrogens with one attached hydrogen (secondary N) is 3. The number of hydrogen-bond acceptors (Lipinski definition) is 6. The molecule has 11 heteroatoms. The van der Waals surface area contributed by atoms with Crippen LogP contribution in [0.15, 0.2) is 30.3 Å². The van der Waals surface area contributed by atoms with E-state index in [0.29, 0.717) is 30.3 Å². The Hall–Kier alpha value is -3.34. The number of imide groups is 1. The fourth-order valence-electron chi connectivity index (χ4n) is 4.45. The Bertz CT molecular complexity index is 1240. The van der Waals surface area contributed by atoms with Gasteiger partial charge in [-0.05, 0) is 49.2 Å². The highest BCUT2D eigenvalue weighted by Crippen LogP contribution is 2.31. The molecule has 1 saturated heterocycles. The number of amides is 4. The van der Waals surface area contributed by atoms with Gasteiger partial charge in [0.2, 0.25) is 17.7 Å². The normalized spacial score (nSPS) is 17.1. The highest BCUT2D eigenvalue weighted by molar-refractivity contribution is 6.31. The van der Waals surface area contributed by atoms with Crippen LogP contribution in [0.5, 0.6) is 0 Å². The maximum absolute atomic E-state index is 15.3. The summed E-state index contributed by atoms with van der Waals surface area (Å²) in [6, 6.07) is 7.21. The highest BCUT2D eigenvalue weighted by atomic mass is 35.5. The van der Waals surface area contributed by atoms with E-state index in [9.17, 15) is 19.2 Å². The van der Waals surface area contributed by atoms with Gasteiger partial charge in [0, 0.05) is 34.8 Å². The summed E-state index contributed by atoms with van der Waals surface area (Å²) < 4.78 is 20.8. The first-order valence-corrected chi connectivity index (χ1v) is 12.4. The quantitative estimate of drug-likeness (QED) is 0.320. The van der Waals surface area contributed by atoms with Crippen molar-refractivity contribution in [3.05, 3.63) is 63.4 Å². The van der Waals surface area contributed by atoms with Crippen LogP contribution in [0.25, 0.3) is 0 Å². The monoisotopic (exact) mass is 530 g/mol. The maximum Gasteiger partial charge on any atom is 0.255 e. The number of rotatable bonds is 10. The number of benzene rings is 2. The Morgan fingerprint density at radius 1 is 1.19 bits per heavy atom. The van der Waals surface area contributed by atoms with E-state index < -0.39 is 35.5 Å². The van der Waals surface area contributed by atoms with Crippen LogP contribution in [-0.4, -0.2) is 61.4 Å². The van der Waals surface area contributed by atoms with Gasteiger partial charge in [-0.2, -0.15) is 0 Å². The fourth-order valence-corrected chi connectivity index (χ4v) is 4.73. The van der Waals surface area contributed by atoms with Gasteiger partial charge in [0.1, 0.15) is 11.9 Å². The van der Waals surface area contributed by atoms with Gasteiger partial charge in [0.05, 0.1) is 26.2 Å². The number of carbonyl (C=O) groups excluding carboxylic acids is 4. The molecule has 2 aliphatic rings. The molecule has 196 valence electrons. The lowest BCUT2D eigenvalue weighted by Crippen LogP contribution is -2.52. The summed E-state index contributed by atoms with van der Waals surface area (Å²) in [5, 5.41) is 8.43. The van der Waals surface area contributed by atoms with E-state index in [0.717, 1.165) is 12.1 Å². The number of carbonyl (C=O) groups is 4. The molecule has 0 aliphatic carbocycles. The molecule has 2 aromatic carbocycles. The molecule has 2 aliphatic heterocycles. The summed E-state index contributed by atoms with van der Waals surface area (Å²) in [5.74, 6) is -2.52. The van der Waals surface area contributed by atoms with E-state index in [1.165, 1.54) is 17.0 Å². The molecule has 2 aromatic rings. The van der Waals surface area contributed by atoms with Gasteiger partial charge in [0.15, 0.2) is 0 Å². The predicted molar refractivity (Wildman–Crippen MR) is 135 cm³/mol. The fraction of sp³-hybridized carbons (Fsp3) is 0.385. The van der Waals surface area contributed by atoms with Crippen molar-refractivity contribution in [1.82, 2.24) is 15.5 Å². The Morgan fingerprint density at radius 2 is 1.97 bits per heavy atom. The van der Waals surface area contributed by atoms with Crippen molar-refractivity contribution in [2.45, 2.75) is 38.3 Å². The van der Waals surface area contributed by atoms with Gasteiger partial charge in [-0.3, -0.25) is 24.5 Å². The van der Waals surface area contributed by atoms with Gasteiger partial charge in [-0.15, -0.1) is 0 Å². The van der Waals surface area contributed by atoms with Crippen LogP contribution in [0.2, 0.25) is 5.02 Å². The number of fused-ring (bicyclic) bond motifs is 1. The first kappa shape index (κ1) is 26.7. The predicted octanol–water partition coefficient (Wildman–Crippen LogP) is 2.20. The largest absolute Gasteiger partial charge is 0.380 e. The minimum absolute atomic E-state index is 0.0997. The minimum Gasteiger partial charge on any atom is -0.380 e. The second kappa shape index (κ2) is 11.8. The number of nitrogens with zero attached hydrogens (tertiary/aromatic N) is 1. The standard InChI is InChI=1S/C26H28ClFN4O5/c1-29-9-11-37-10-8-15-2-4-17(13-20(15)27)30-23(34)12-16-3-5-18-19(24(16)28)14-32(26(18)36)21-6-7-22(33)31-25(21)35/h2-5,13,21,29H,6-12,14H2,1H3,(H,30,34)(H,31,33,35). The lowest BCUT2D eigenvalue weighted by molar-refractivity contribution is -0.137. The van der Waals surface area contributed by atoms with Gasteiger partial charge < -0.3 is 20.3 Å². The van der Waals surface area contributed by atoms with Gasteiger partial charge in [-0.1, -0.05) is 23.7 Å². The smallest absolute Gasteiger partial charge is 0.255 e. The van der Waals surface area contributed by atoms with Crippen molar-refractivity contribution in [1.29, 1.82) is 0 Å². The third-order valence-corrected chi connectivity index (χ3v) is 6.78. The molecule has 0 radical (unpaired) electrons. The van der Waals surface area contributed by atoms with E-state index in [1.54, 1.807) is 12.1 Å². The number of hydrogen-bond donors (Lipinski definition) is 3. The molecule has 0 aromatic heterocycles. The minimum atomic E-state index is -0.837. The molecule has 37 heavy (non-hydrogen) atoms. The second-order valence-electron chi connectivity index (χ2n) is 8.96. The summed E-state index contributed by atoms with van der Waals surface area (Å²) in [4.78, 5) is 50.4. The van der Waals surface area contributed by atoms with Crippen molar-refractivity contribution in [2.75, 3.05) is 32.1 Å². The Labute approximate surface area is 218 Å². The lowest BCUT2D eigenvalue weighted by atomic mass is 10.0. The summed E-state index contributed by atoms with van der Waals surface area (Å²) in [7, 11) is 1.85. The highest BCUT2D eigenvalue weighted by Gasteiger charge is 2.40. The second-order valence-corrected chi connectivity index (χ2v) is 9.37. The van der Waals surface area contributed by atoms with Crippen molar-refractivity contribution in [3.63, 3.8) is 0 Å².